The van der Waals surface area contributed by atoms with Crippen LogP contribution in [0, 0.1) is 6.92 Å². The molecule has 0 bridgehead atoms. The molecule has 4 rings (SSSR count). The molecular weight excluding hydrogens is 298 g/mol. The first-order valence-corrected chi connectivity index (χ1v) is 8.18. The van der Waals surface area contributed by atoms with Gasteiger partial charge in [0, 0.05) is 28.1 Å². The molecule has 114 valence electrons. The molecule has 1 aliphatic carbocycles. The normalized spacial score (nSPS) is 16.3. The van der Waals surface area contributed by atoms with Gasteiger partial charge in [-0.05, 0) is 32.3 Å². The number of fused-ring (bicyclic) bond motifs is 1. The van der Waals surface area contributed by atoms with Crippen molar-refractivity contribution in [3.05, 3.63) is 34.1 Å². The van der Waals surface area contributed by atoms with E-state index in [1.807, 2.05) is 13.0 Å². The highest BCUT2D eigenvalue weighted by atomic mass is 32.1. The molecule has 0 unspecified atom stereocenters. The summed E-state index contributed by atoms with van der Waals surface area (Å²) in [6.45, 7) is 1.96. The van der Waals surface area contributed by atoms with Crippen molar-refractivity contribution in [1.29, 1.82) is 0 Å². The van der Waals surface area contributed by atoms with E-state index in [9.17, 15) is 4.79 Å². The summed E-state index contributed by atoms with van der Waals surface area (Å²) in [6, 6.07) is 1.96. The van der Waals surface area contributed by atoms with Gasteiger partial charge in [0.25, 0.3) is 5.56 Å². The minimum Gasteiger partial charge on any atom is -0.325 e. The third-order valence-corrected chi connectivity index (χ3v) is 5.44. The fraction of sp³-hybridized carbons (Fsp3) is 0.400. The summed E-state index contributed by atoms with van der Waals surface area (Å²) in [5.41, 5.74) is 8.76. The van der Waals surface area contributed by atoms with Gasteiger partial charge in [0.05, 0.1) is 11.7 Å². The van der Waals surface area contributed by atoms with Crippen LogP contribution in [0.15, 0.2) is 17.1 Å². The zero-order chi connectivity index (χ0) is 15.3. The molecule has 0 atom stereocenters. The van der Waals surface area contributed by atoms with Crippen LogP contribution < -0.4 is 11.3 Å². The molecule has 0 aliphatic heterocycles. The van der Waals surface area contributed by atoms with Gasteiger partial charge in [0.15, 0.2) is 0 Å². The van der Waals surface area contributed by atoms with Gasteiger partial charge in [0.1, 0.15) is 10.5 Å². The minimum atomic E-state index is -0.0701. The Morgan fingerprint density at radius 2 is 2.27 bits per heavy atom. The molecular formula is C15H17N5OS. The second kappa shape index (κ2) is 4.76. The lowest BCUT2D eigenvalue weighted by molar-refractivity contribution is 0.596. The van der Waals surface area contributed by atoms with Gasteiger partial charge in [-0.3, -0.25) is 9.89 Å². The van der Waals surface area contributed by atoms with E-state index in [1.54, 1.807) is 6.20 Å². The molecule has 6 nitrogen and oxygen atoms in total. The van der Waals surface area contributed by atoms with Crippen molar-refractivity contribution in [2.75, 3.05) is 0 Å². The Balaban J connectivity index is 1.71. The van der Waals surface area contributed by atoms with Crippen LogP contribution >= 0.6 is 11.3 Å². The Hall–Kier alpha value is -1.99. The third-order valence-electron chi connectivity index (χ3n) is 4.28. The zero-order valence-corrected chi connectivity index (χ0v) is 13.1. The number of nitrogens with one attached hydrogen (secondary N) is 2. The molecule has 22 heavy (non-hydrogen) atoms. The molecule has 4 N–H and O–H groups in total. The Kier molecular flexibility index (Phi) is 2.95. The van der Waals surface area contributed by atoms with E-state index in [0.717, 1.165) is 53.2 Å². The van der Waals surface area contributed by atoms with Crippen LogP contribution in [0.25, 0.3) is 20.7 Å². The minimum absolute atomic E-state index is 0.0266. The molecule has 0 radical (unpaired) electrons. The van der Waals surface area contributed by atoms with Crippen molar-refractivity contribution in [3.63, 3.8) is 0 Å². The summed E-state index contributed by atoms with van der Waals surface area (Å²) in [4.78, 5) is 20.8. The third kappa shape index (κ3) is 2.36. The molecule has 0 amide bonds. The number of hydrogen-bond donors (Lipinski definition) is 3. The van der Waals surface area contributed by atoms with Gasteiger partial charge in [-0.1, -0.05) is 0 Å². The number of aryl methyl sites for hydroxylation is 2. The van der Waals surface area contributed by atoms with Crippen molar-refractivity contribution >= 4 is 21.6 Å². The molecule has 1 aliphatic rings. The highest BCUT2D eigenvalue weighted by molar-refractivity contribution is 7.22. The number of H-pyrrole nitrogens is 2. The molecule has 7 heteroatoms. The van der Waals surface area contributed by atoms with Crippen molar-refractivity contribution < 1.29 is 0 Å². The van der Waals surface area contributed by atoms with E-state index in [4.69, 9.17) is 5.73 Å². The maximum absolute atomic E-state index is 12.3. The Labute approximate surface area is 130 Å². The standard InChI is InChI=1S/C15H17N5OS/c1-8-9(7-17-20-8)11-6-10-13(22-11)14(21)19-12(18-10)2-3-15(16)4-5-15/h6-7H,2-5,16H2,1H3,(H,17,20)(H,18,19,21). The molecule has 3 heterocycles. The molecule has 3 aromatic heterocycles. The molecule has 1 saturated carbocycles. The summed E-state index contributed by atoms with van der Waals surface area (Å²) in [6.07, 6.45) is 5.51. The number of aromatic nitrogens is 4. The van der Waals surface area contributed by atoms with E-state index >= 15 is 0 Å². The van der Waals surface area contributed by atoms with E-state index in [2.05, 4.69) is 20.2 Å². The van der Waals surface area contributed by atoms with E-state index in [1.165, 1.54) is 11.3 Å². The Morgan fingerprint density at radius 1 is 1.45 bits per heavy atom. The summed E-state index contributed by atoms with van der Waals surface area (Å²) < 4.78 is 0.660. The summed E-state index contributed by atoms with van der Waals surface area (Å²) >= 11 is 1.45. The monoisotopic (exact) mass is 315 g/mol. The summed E-state index contributed by atoms with van der Waals surface area (Å²) in [5.74, 6) is 0.725. The fourth-order valence-electron chi connectivity index (χ4n) is 2.62. The van der Waals surface area contributed by atoms with Gasteiger partial charge in [0.2, 0.25) is 0 Å². The van der Waals surface area contributed by atoms with E-state index < -0.39 is 0 Å². The van der Waals surface area contributed by atoms with Gasteiger partial charge < -0.3 is 10.7 Å². The number of nitrogens with two attached hydrogens (primary N) is 1. The smallest absolute Gasteiger partial charge is 0.268 e. The van der Waals surface area contributed by atoms with E-state index in [0.29, 0.717) is 4.70 Å². The van der Waals surface area contributed by atoms with Crippen LogP contribution in [0.5, 0.6) is 0 Å². The fourth-order valence-corrected chi connectivity index (χ4v) is 3.68. The summed E-state index contributed by atoms with van der Waals surface area (Å²) in [5, 5.41) is 6.95. The number of hydrogen-bond acceptors (Lipinski definition) is 5. The molecule has 0 saturated heterocycles. The van der Waals surface area contributed by atoms with Crippen LogP contribution in [0.4, 0.5) is 0 Å². The lowest BCUT2D eigenvalue weighted by atomic mass is 10.1. The predicted octanol–water partition coefficient (Wildman–Crippen LogP) is 2.11. The highest BCUT2D eigenvalue weighted by Crippen LogP contribution is 2.36. The average molecular weight is 315 g/mol. The molecule has 0 aromatic carbocycles. The Morgan fingerprint density at radius 3 is 2.95 bits per heavy atom. The van der Waals surface area contributed by atoms with Gasteiger partial charge in [-0.2, -0.15) is 5.10 Å². The lowest BCUT2D eigenvalue weighted by Crippen LogP contribution is -2.23. The SMILES string of the molecule is Cc1[nH]ncc1-c1cc2nc(CCC3(N)CC3)[nH]c(=O)c2s1. The van der Waals surface area contributed by atoms with Crippen LogP contribution in [-0.2, 0) is 6.42 Å². The average Bonchev–Trinajstić information content (AvgIpc) is 2.87. The van der Waals surface area contributed by atoms with Crippen LogP contribution in [0.1, 0.15) is 30.8 Å². The second-order valence-electron chi connectivity index (χ2n) is 6.11. The first-order chi connectivity index (χ1) is 10.5. The van der Waals surface area contributed by atoms with Gasteiger partial charge in [-0.15, -0.1) is 11.3 Å². The maximum atomic E-state index is 12.3. The van der Waals surface area contributed by atoms with Gasteiger partial charge >= 0.3 is 0 Å². The van der Waals surface area contributed by atoms with Crippen LogP contribution in [0.3, 0.4) is 0 Å². The molecule has 0 spiro atoms. The van der Waals surface area contributed by atoms with Crippen molar-refractivity contribution in [2.45, 2.75) is 38.1 Å². The Bertz CT molecular complexity index is 902. The topological polar surface area (TPSA) is 100 Å². The first kappa shape index (κ1) is 13.7. The lowest BCUT2D eigenvalue weighted by Gasteiger charge is -2.06. The summed E-state index contributed by atoms with van der Waals surface area (Å²) in [7, 11) is 0. The number of nitrogens with zero attached hydrogens (tertiary/aromatic N) is 2. The number of thiophene rings is 1. The van der Waals surface area contributed by atoms with E-state index in [-0.39, 0.29) is 11.1 Å². The molecule has 1 fully saturated rings. The van der Waals surface area contributed by atoms with Gasteiger partial charge in [-0.25, -0.2) is 4.98 Å². The van der Waals surface area contributed by atoms with Crippen molar-refractivity contribution in [3.8, 4) is 10.4 Å². The zero-order valence-electron chi connectivity index (χ0n) is 12.3. The quantitative estimate of drug-likeness (QED) is 0.686. The maximum Gasteiger partial charge on any atom is 0.268 e. The van der Waals surface area contributed by atoms with Crippen LogP contribution in [-0.4, -0.2) is 25.7 Å². The van der Waals surface area contributed by atoms with Crippen molar-refractivity contribution in [2.24, 2.45) is 5.73 Å². The largest absolute Gasteiger partial charge is 0.325 e. The molecule has 3 aromatic rings. The first-order valence-electron chi connectivity index (χ1n) is 7.36. The number of rotatable bonds is 4. The predicted molar refractivity (Wildman–Crippen MR) is 87.0 cm³/mol. The van der Waals surface area contributed by atoms with Crippen LogP contribution in [0.2, 0.25) is 0 Å². The highest BCUT2D eigenvalue weighted by Gasteiger charge is 2.37. The second-order valence-corrected chi connectivity index (χ2v) is 7.16. The van der Waals surface area contributed by atoms with Crippen molar-refractivity contribution in [1.82, 2.24) is 20.2 Å². The number of aromatic amines is 2.